The molecule has 1 aromatic heterocycles. The summed E-state index contributed by atoms with van der Waals surface area (Å²) < 4.78 is 0. The van der Waals surface area contributed by atoms with Gasteiger partial charge >= 0.3 is 0 Å². The standard InChI is InChI=1S/C14H15ClN2S/c15-11-1-4-13(16)14(7-11)17(12-2-3-12)8-10-5-6-18-9-10/h1,4-7,9,12H,2-3,8,16H2. The molecule has 1 aliphatic carbocycles. The number of rotatable bonds is 4. The minimum atomic E-state index is 0.616. The lowest BCUT2D eigenvalue weighted by atomic mass is 10.2. The van der Waals surface area contributed by atoms with Crippen molar-refractivity contribution in [2.75, 3.05) is 10.6 Å². The molecule has 94 valence electrons. The van der Waals surface area contributed by atoms with Gasteiger partial charge in [-0.05, 0) is 53.4 Å². The summed E-state index contributed by atoms with van der Waals surface area (Å²) in [6, 6.07) is 8.49. The van der Waals surface area contributed by atoms with Crippen molar-refractivity contribution in [1.29, 1.82) is 0 Å². The van der Waals surface area contributed by atoms with Gasteiger partial charge in [0.1, 0.15) is 0 Å². The summed E-state index contributed by atoms with van der Waals surface area (Å²) in [5.41, 5.74) is 9.30. The Balaban J connectivity index is 1.91. The Morgan fingerprint density at radius 1 is 1.33 bits per heavy atom. The second-order valence-electron chi connectivity index (χ2n) is 4.69. The van der Waals surface area contributed by atoms with Crippen molar-refractivity contribution in [3.05, 3.63) is 45.6 Å². The van der Waals surface area contributed by atoms with E-state index < -0.39 is 0 Å². The summed E-state index contributed by atoms with van der Waals surface area (Å²) in [7, 11) is 0. The molecular formula is C14H15ClN2S. The minimum Gasteiger partial charge on any atom is -0.397 e. The van der Waals surface area contributed by atoms with Crippen molar-refractivity contribution < 1.29 is 0 Å². The predicted molar refractivity (Wildman–Crippen MR) is 79.4 cm³/mol. The first kappa shape index (κ1) is 11.9. The number of hydrogen-bond acceptors (Lipinski definition) is 3. The summed E-state index contributed by atoms with van der Waals surface area (Å²) in [6.07, 6.45) is 2.49. The predicted octanol–water partition coefficient (Wildman–Crippen LogP) is 4.15. The number of thiophene rings is 1. The van der Waals surface area contributed by atoms with Gasteiger partial charge in [-0.3, -0.25) is 0 Å². The quantitative estimate of drug-likeness (QED) is 0.851. The third-order valence-corrected chi connectivity index (χ3v) is 4.19. The fraction of sp³-hybridized carbons (Fsp3) is 0.286. The van der Waals surface area contributed by atoms with Crippen LogP contribution < -0.4 is 10.6 Å². The topological polar surface area (TPSA) is 29.3 Å². The number of hydrogen-bond donors (Lipinski definition) is 1. The highest BCUT2D eigenvalue weighted by Crippen LogP contribution is 2.37. The van der Waals surface area contributed by atoms with E-state index in [1.807, 2.05) is 18.2 Å². The molecule has 1 aromatic carbocycles. The van der Waals surface area contributed by atoms with Gasteiger partial charge < -0.3 is 10.6 Å². The molecular weight excluding hydrogens is 264 g/mol. The number of anilines is 2. The molecule has 18 heavy (non-hydrogen) atoms. The zero-order valence-electron chi connectivity index (χ0n) is 9.97. The Kier molecular flexibility index (Phi) is 3.18. The van der Waals surface area contributed by atoms with E-state index in [4.69, 9.17) is 17.3 Å². The van der Waals surface area contributed by atoms with Crippen molar-refractivity contribution in [3.63, 3.8) is 0 Å². The molecule has 1 heterocycles. The Morgan fingerprint density at radius 3 is 2.83 bits per heavy atom. The van der Waals surface area contributed by atoms with Crippen LogP contribution in [0.4, 0.5) is 11.4 Å². The Hall–Kier alpha value is -1.19. The van der Waals surface area contributed by atoms with Crippen molar-refractivity contribution in [2.45, 2.75) is 25.4 Å². The van der Waals surface area contributed by atoms with Gasteiger partial charge in [-0.1, -0.05) is 11.6 Å². The maximum absolute atomic E-state index is 6.09. The molecule has 0 unspecified atom stereocenters. The van der Waals surface area contributed by atoms with Crippen LogP contribution in [-0.4, -0.2) is 6.04 Å². The average molecular weight is 279 g/mol. The van der Waals surface area contributed by atoms with Crippen LogP contribution in [0.1, 0.15) is 18.4 Å². The SMILES string of the molecule is Nc1ccc(Cl)cc1N(Cc1ccsc1)C1CC1. The average Bonchev–Trinajstić information content (AvgIpc) is 3.07. The van der Waals surface area contributed by atoms with E-state index in [9.17, 15) is 0 Å². The lowest BCUT2D eigenvalue weighted by molar-refractivity contribution is 0.798. The molecule has 0 atom stereocenters. The molecule has 0 aliphatic heterocycles. The summed E-state index contributed by atoms with van der Waals surface area (Å²) in [5.74, 6) is 0. The lowest BCUT2D eigenvalue weighted by Gasteiger charge is -2.26. The second-order valence-corrected chi connectivity index (χ2v) is 5.91. The molecule has 1 fully saturated rings. The molecule has 0 radical (unpaired) electrons. The van der Waals surface area contributed by atoms with E-state index in [1.54, 1.807) is 11.3 Å². The molecule has 2 N–H and O–H groups in total. The third-order valence-electron chi connectivity index (χ3n) is 3.22. The Labute approximate surface area is 116 Å². The molecule has 2 nitrogen and oxygen atoms in total. The van der Waals surface area contributed by atoms with Gasteiger partial charge in [0.05, 0.1) is 11.4 Å². The summed E-state index contributed by atoms with van der Waals surface area (Å²) in [4.78, 5) is 2.38. The monoisotopic (exact) mass is 278 g/mol. The minimum absolute atomic E-state index is 0.616. The molecule has 2 aromatic rings. The van der Waals surface area contributed by atoms with Crippen LogP contribution >= 0.6 is 22.9 Å². The first-order valence-electron chi connectivity index (χ1n) is 6.07. The van der Waals surface area contributed by atoms with Gasteiger partial charge in [-0.2, -0.15) is 11.3 Å². The number of halogens is 1. The van der Waals surface area contributed by atoms with Gasteiger partial charge in [-0.15, -0.1) is 0 Å². The molecule has 1 aliphatic rings. The van der Waals surface area contributed by atoms with Crippen molar-refractivity contribution in [1.82, 2.24) is 0 Å². The molecule has 0 bridgehead atoms. The van der Waals surface area contributed by atoms with E-state index in [2.05, 4.69) is 21.7 Å². The number of benzene rings is 1. The van der Waals surface area contributed by atoms with Crippen LogP contribution in [0.25, 0.3) is 0 Å². The van der Waals surface area contributed by atoms with Crippen molar-refractivity contribution in [2.24, 2.45) is 0 Å². The number of nitrogen functional groups attached to an aromatic ring is 1. The van der Waals surface area contributed by atoms with Gasteiger partial charge in [0.2, 0.25) is 0 Å². The first-order valence-corrected chi connectivity index (χ1v) is 7.39. The van der Waals surface area contributed by atoms with Gasteiger partial charge in [0, 0.05) is 17.6 Å². The van der Waals surface area contributed by atoms with Crippen LogP contribution in [-0.2, 0) is 6.54 Å². The summed E-state index contributed by atoms with van der Waals surface area (Å²) in [6.45, 7) is 0.915. The van der Waals surface area contributed by atoms with Crippen LogP contribution in [0, 0.1) is 0 Å². The zero-order valence-corrected chi connectivity index (χ0v) is 11.5. The Morgan fingerprint density at radius 2 is 2.17 bits per heavy atom. The lowest BCUT2D eigenvalue weighted by Crippen LogP contribution is -2.25. The molecule has 1 saturated carbocycles. The molecule has 0 saturated heterocycles. The highest BCUT2D eigenvalue weighted by Gasteiger charge is 2.30. The highest BCUT2D eigenvalue weighted by molar-refractivity contribution is 7.07. The van der Waals surface area contributed by atoms with Gasteiger partial charge in [-0.25, -0.2) is 0 Å². The fourth-order valence-corrected chi connectivity index (χ4v) is 2.97. The maximum Gasteiger partial charge on any atom is 0.0620 e. The summed E-state index contributed by atoms with van der Waals surface area (Å²) in [5, 5.41) is 5.05. The van der Waals surface area contributed by atoms with Crippen LogP contribution in [0.2, 0.25) is 5.02 Å². The van der Waals surface area contributed by atoms with Crippen molar-refractivity contribution in [3.8, 4) is 0 Å². The molecule has 3 rings (SSSR count). The van der Waals surface area contributed by atoms with Crippen LogP contribution in [0.3, 0.4) is 0 Å². The normalized spacial score (nSPS) is 14.7. The zero-order chi connectivity index (χ0) is 12.5. The van der Waals surface area contributed by atoms with E-state index in [0.717, 1.165) is 22.9 Å². The molecule has 0 spiro atoms. The van der Waals surface area contributed by atoms with E-state index in [0.29, 0.717) is 6.04 Å². The summed E-state index contributed by atoms with van der Waals surface area (Å²) >= 11 is 7.82. The van der Waals surface area contributed by atoms with E-state index >= 15 is 0 Å². The van der Waals surface area contributed by atoms with E-state index in [-0.39, 0.29) is 0 Å². The van der Waals surface area contributed by atoms with Crippen LogP contribution in [0.5, 0.6) is 0 Å². The van der Waals surface area contributed by atoms with Crippen molar-refractivity contribution >= 4 is 34.3 Å². The largest absolute Gasteiger partial charge is 0.397 e. The maximum atomic E-state index is 6.09. The fourth-order valence-electron chi connectivity index (χ4n) is 2.14. The number of nitrogens with zero attached hydrogens (tertiary/aromatic N) is 1. The molecule has 4 heteroatoms. The van der Waals surface area contributed by atoms with Gasteiger partial charge in [0.15, 0.2) is 0 Å². The molecule has 0 amide bonds. The Bertz CT molecular complexity index is 535. The van der Waals surface area contributed by atoms with Gasteiger partial charge in [0.25, 0.3) is 0 Å². The second kappa shape index (κ2) is 4.82. The third kappa shape index (κ3) is 2.47. The first-order chi connectivity index (χ1) is 8.74. The smallest absolute Gasteiger partial charge is 0.0620 e. The number of nitrogens with two attached hydrogens (primary N) is 1. The highest BCUT2D eigenvalue weighted by atomic mass is 35.5. The van der Waals surface area contributed by atoms with Crippen LogP contribution in [0.15, 0.2) is 35.0 Å². The van der Waals surface area contributed by atoms with E-state index in [1.165, 1.54) is 18.4 Å².